The lowest BCUT2D eigenvalue weighted by Gasteiger charge is -2.40. The average molecular weight is 627 g/mol. The van der Waals surface area contributed by atoms with Crippen LogP contribution in [0.2, 0.25) is 5.02 Å². The molecule has 0 saturated carbocycles. The second-order valence-electron chi connectivity index (χ2n) is 10.8. The van der Waals surface area contributed by atoms with E-state index in [0.717, 1.165) is 5.56 Å². The molecule has 2 aliphatic rings. The number of halogens is 4. The Morgan fingerprint density at radius 1 is 1.21 bits per heavy atom. The molecule has 0 bridgehead atoms. The number of carbonyl (C=O) groups is 1. The summed E-state index contributed by atoms with van der Waals surface area (Å²) in [6.07, 6.45) is 1.99. The number of piperidine rings is 1. The van der Waals surface area contributed by atoms with Crippen LogP contribution in [0.25, 0.3) is 11.1 Å². The molecule has 4 rings (SSSR count). The zero-order chi connectivity index (χ0) is 30.9. The van der Waals surface area contributed by atoms with Crippen molar-refractivity contribution in [2.45, 2.75) is 61.9 Å². The molecule has 2 fully saturated rings. The summed E-state index contributed by atoms with van der Waals surface area (Å²) in [6, 6.07) is 10.2. The number of amidine groups is 1. The van der Waals surface area contributed by atoms with Gasteiger partial charge in [-0.25, -0.2) is 21.6 Å². The SMILES string of the molecule is COCc1ccc(S(=O)(=O)N2CCC(F)(C(=O)N[C@H](C)/C=C/C(=N)N3CC(F)(F)C3)C[C@H]2C)c(-c2ccccc2Cl)c1. The van der Waals surface area contributed by atoms with Gasteiger partial charge in [0.25, 0.3) is 11.8 Å². The van der Waals surface area contributed by atoms with Crippen molar-refractivity contribution >= 4 is 33.4 Å². The summed E-state index contributed by atoms with van der Waals surface area (Å²) in [5.74, 6) is -3.84. The van der Waals surface area contributed by atoms with E-state index in [9.17, 15) is 22.0 Å². The summed E-state index contributed by atoms with van der Waals surface area (Å²) in [6.45, 7) is 2.08. The van der Waals surface area contributed by atoms with E-state index in [4.69, 9.17) is 21.7 Å². The van der Waals surface area contributed by atoms with Gasteiger partial charge in [-0.15, -0.1) is 0 Å². The predicted molar refractivity (Wildman–Crippen MR) is 155 cm³/mol. The lowest BCUT2D eigenvalue weighted by molar-refractivity contribution is -0.136. The first-order valence-corrected chi connectivity index (χ1v) is 15.3. The average Bonchev–Trinajstić information content (AvgIpc) is 2.90. The van der Waals surface area contributed by atoms with Gasteiger partial charge in [-0.1, -0.05) is 41.9 Å². The Bertz CT molecular complexity index is 1480. The van der Waals surface area contributed by atoms with Gasteiger partial charge in [0.15, 0.2) is 5.67 Å². The number of ether oxygens (including phenoxy) is 1. The quantitative estimate of drug-likeness (QED) is 0.301. The molecule has 2 aromatic rings. The first-order valence-electron chi connectivity index (χ1n) is 13.4. The fourth-order valence-corrected chi connectivity index (χ4v) is 7.28. The van der Waals surface area contributed by atoms with E-state index < -0.39 is 52.7 Å². The summed E-state index contributed by atoms with van der Waals surface area (Å²) in [7, 11) is -2.59. The number of carbonyl (C=O) groups excluding carboxylic acids is 1. The number of methoxy groups -OCH3 is 1. The number of nitrogens with one attached hydrogen (secondary N) is 2. The molecule has 2 heterocycles. The molecular formula is C29H34ClF3N4O4S. The molecule has 42 heavy (non-hydrogen) atoms. The summed E-state index contributed by atoms with van der Waals surface area (Å²) >= 11 is 6.43. The van der Waals surface area contributed by atoms with Gasteiger partial charge in [-0.3, -0.25) is 10.2 Å². The zero-order valence-corrected chi connectivity index (χ0v) is 25.1. The van der Waals surface area contributed by atoms with Gasteiger partial charge in [-0.2, -0.15) is 4.31 Å². The van der Waals surface area contributed by atoms with Crippen LogP contribution in [0.5, 0.6) is 0 Å². The van der Waals surface area contributed by atoms with Crippen LogP contribution in [-0.2, 0) is 26.2 Å². The largest absolute Gasteiger partial charge is 0.380 e. The Morgan fingerprint density at radius 3 is 2.52 bits per heavy atom. The number of hydrogen-bond donors (Lipinski definition) is 2. The van der Waals surface area contributed by atoms with E-state index >= 15 is 4.39 Å². The topological polar surface area (TPSA) is 103 Å². The third-order valence-corrected chi connectivity index (χ3v) is 9.84. The predicted octanol–water partition coefficient (Wildman–Crippen LogP) is 5.02. The summed E-state index contributed by atoms with van der Waals surface area (Å²) in [4.78, 5) is 14.1. The molecule has 3 atom stereocenters. The van der Waals surface area contributed by atoms with Crippen LogP contribution in [0, 0.1) is 5.41 Å². The Hall–Kier alpha value is -2.93. The number of sulfonamides is 1. The van der Waals surface area contributed by atoms with Crippen molar-refractivity contribution in [3.63, 3.8) is 0 Å². The van der Waals surface area contributed by atoms with Crippen LogP contribution in [0.1, 0.15) is 32.3 Å². The lowest BCUT2D eigenvalue weighted by Crippen LogP contribution is -2.58. The minimum Gasteiger partial charge on any atom is -0.380 e. The van der Waals surface area contributed by atoms with Crippen LogP contribution in [0.3, 0.4) is 0 Å². The van der Waals surface area contributed by atoms with E-state index in [0.29, 0.717) is 16.1 Å². The van der Waals surface area contributed by atoms with Gasteiger partial charge >= 0.3 is 0 Å². The normalized spacial score (nSPS) is 23.4. The molecule has 0 spiro atoms. The van der Waals surface area contributed by atoms with E-state index in [-0.39, 0.29) is 36.7 Å². The Morgan fingerprint density at radius 2 is 1.90 bits per heavy atom. The number of likely N-dealkylation sites (tertiary alicyclic amines) is 1. The van der Waals surface area contributed by atoms with Gasteiger partial charge in [0, 0.05) is 54.7 Å². The first kappa shape index (κ1) is 32.0. The van der Waals surface area contributed by atoms with Crippen LogP contribution in [0.4, 0.5) is 13.2 Å². The van der Waals surface area contributed by atoms with Gasteiger partial charge in [0.2, 0.25) is 10.0 Å². The highest BCUT2D eigenvalue weighted by molar-refractivity contribution is 7.89. The molecule has 228 valence electrons. The molecule has 0 radical (unpaired) electrons. The monoisotopic (exact) mass is 626 g/mol. The van der Waals surface area contributed by atoms with Crippen molar-refractivity contribution in [3.8, 4) is 11.1 Å². The van der Waals surface area contributed by atoms with Crippen molar-refractivity contribution in [1.29, 1.82) is 5.41 Å². The van der Waals surface area contributed by atoms with Crippen molar-refractivity contribution in [2.75, 3.05) is 26.7 Å². The molecule has 2 saturated heterocycles. The summed E-state index contributed by atoms with van der Waals surface area (Å²) < 4.78 is 76.3. The molecule has 1 unspecified atom stereocenters. The molecule has 0 aliphatic carbocycles. The number of rotatable bonds is 9. The fourth-order valence-electron chi connectivity index (χ4n) is 5.23. The van der Waals surface area contributed by atoms with Crippen LogP contribution in [0.15, 0.2) is 59.5 Å². The van der Waals surface area contributed by atoms with Crippen molar-refractivity contribution in [3.05, 3.63) is 65.2 Å². The molecule has 0 aromatic heterocycles. The van der Waals surface area contributed by atoms with Gasteiger partial charge in [-0.05, 0) is 43.7 Å². The maximum absolute atomic E-state index is 15.9. The highest BCUT2D eigenvalue weighted by Crippen LogP contribution is 2.39. The highest BCUT2D eigenvalue weighted by Gasteiger charge is 2.48. The van der Waals surface area contributed by atoms with Crippen molar-refractivity contribution in [2.24, 2.45) is 0 Å². The van der Waals surface area contributed by atoms with E-state index in [1.807, 2.05) is 0 Å². The van der Waals surface area contributed by atoms with E-state index in [1.165, 1.54) is 34.5 Å². The van der Waals surface area contributed by atoms with Gasteiger partial charge < -0.3 is 15.0 Å². The Balaban J connectivity index is 1.48. The summed E-state index contributed by atoms with van der Waals surface area (Å²) in [5.41, 5.74) is -0.657. The molecule has 13 heteroatoms. The second-order valence-corrected chi connectivity index (χ2v) is 13.1. The molecular weight excluding hydrogens is 593 g/mol. The fraction of sp³-hybridized carbons (Fsp3) is 0.448. The number of benzene rings is 2. The third kappa shape index (κ3) is 6.82. The number of amides is 1. The molecule has 8 nitrogen and oxygen atoms in total. The van der Waals surface area contributed by atoms with Gasteiger partial charge in [0.05, 0.1) is 24.6 Å². The molecule has 1 amide bonds. The number of nitrogens with zero attached hydrogens (tertiary/aromatic N) is 2. The smallest absolute Gasteiger partial charge is 0.282 e. The first-order chi connectivity index (χ1) is 19.7. The highest BCUT2D eigenvalue weighted by atomic mass is 35.5. The molecule has 2 N–H and O–H groups in total. The molecule has 2 aromatic carbocycles. The van der Waals surface area contributed by atoms with Gasteiger partial charge in [0.1, 0.15) is 5.84 Å². The third-order valence-electron chi connectivity index (χ3n) is 7.44. The maximum atomic E-state index is 15.9. The minimum absolute atomic E-state index is 0.0132. The summed E-state index contributed by atoms with van der Waals surface area (Å²) in [5, 5.41) is 10.8. The standard InChI is InChI=1S/C29H34ClF3N4O4S/c1-19(8-11-26(34)36-17-29(32,33)18-36)35-27(38)28(31)12-13-37(20(2)15-28)42(39,40)25-10-9-21(16-41-3)14-23(25)22-6-4-5-7-24(22)30/h4-11,14,19-20,34H,12-13,15-18H2,1-3H3,(H,35,38)/b11-8+,34-26?/t19-,20-,28?/m1/s1. The molecule has 2 aliphatic heterocycles. The lowest BCUT2D eigenvalue weighted by atomic mass is 9.89. The Labute approximate surface area is 249 Å². The maximum Gasteiger partial charge on any atom is 0.282 e. The van der Waals surface area contributed by atoms with E-state index in [2.05, 4.69) is 5.32 Å². The second kappa shape index (κ2) is 12.4. The minimum atomic E-state index is -4.13. The number of alkyl halides is 3. The van der Waals surface area contributed by atoms with Crippen molar-refractivity contribution < 1.29 is 31.1 Å². The Kier molecular flexibility index (Phi) is 9.41. The van der Waals surface area contributed by atoms with Crippen LogP contribution in [-0.4, -0.2) is 79.8 Å². The van der Waals surface area contributed by atoms with Crippen molar-refractivity contribution in [1.82, 2.24) is 14.5 Å². The van der Waals surface area contributed by atoms with Crippen LogP contribution < -0.4 is 5.32 Å². The zero-order valence-electron chi connectivity index (χ0n) is 23.5. The van der Waals surface area contributed by atoms with Crippen LogP contribution >= 0.6 is 11.6 Å². The number of hydrogen-bond acceptors (Lipinski definition) is 5. The van der Waals surface area contributed by atoms with E-state index in [1.54, 1.807) is 50.2 Å².